The van der Waals surface area contributed by atoms with Crippen molar-refractivity contribution in [3.05, 3.63) is 11.9 Å². The fourth-order valence-electron chi connectivity index (χ4n) is 1.02. The van der Waals surface area contributed by atoms with Gasteiger partial charge in [0.15, 0.2) is 0 Å². The van der Waals surface area contributed by atoms with Crippen LogP contribution in [0.5, 0.6) is 0 Å². The number of aryl methyl sites for hydroxylation is 1. The molecule has 1 aromatic rings. The predicted octanol–water partition coefficient (Wildman–Crippen LogP) is 2.32. The molecule has 0 atom stereocenters. The van der Waals surface area contributed by atoms with Gasteiger partial charge in [-0.25, -0.2) is 10.8 Å². The SMILES string of the molecule is Cc1cn(C(C)C)c(NN)n1.Cl.Cl.Cl. The molecule has 0 unspecified atom stereocenters. The van der Waals surface area contributed by atoms with Crippen LogP contribution in [-0.2, 0) is 0 Å². The normalized spacial score (nSPS) is 8.36. The number of anilines is 1. The summed E-state index contributed by atoms with van der Waals surface area (Å²) in [6, 6.07) is 0.391. The third kappa shape index (κ3) is 4.37. The van der Waals surface area contributed by atoms with Crippen molar-refractivity contribution in [3.8, 4) is 0 Å². The number of halogens is 3. The number of hydrogen-bond donors (Lipinski definition) is 2. The lowest BCUT2D eigenvalue weighted by Crippen LogP contribution is -2.13. The van der Waals surface area contributed by atoms with Crippen LogP contribution in [0.25, 0.3) is 0 Å². The molecule has 14 heavy (non-hydrogen) atoms. The molecule has 1 rings (SSSR count). The first kappa shape index (κ1) is 19.4. The van der Waals surface area contributed by atoms with Crippen LogP contribution in [0.3, 0.4) is 0 Å². The van der Waals surface area contributed by atoms with Crippen LogP contribution in [0, 0.1) is 6.92 Å². The van der Waals surface area contributed by atoms with Crippen molar-refractivity contribution in [3.63, 3.8) is 0 Å². The van der Waals surface area contributed by atoms with Crippen LogP contribution in [0.1, 0.15) is 25.6 Å². The molecule has 0 bridgehead atoms. The molecule has 0 aliphatic heterocycles. The molecule has 0 fully saturated rings. The standard InChI is InChI=1S/C7H14N4.3ClH/c1-5(2)11-4-6(3)9-7(11)10-8;;;/h4-5H,8H2,1-3H3,(H,9,10);3*1H. The van der Waals surface area contributed by atoms with E-state index in [4.69, 9.17) is 5.84 Å². The van der Waals surface area contributed by atoms with E-state index in [0.29, 0.717) is 6.04 Å². The average molecular weight is 264 g/mol. The predicted molar refractivity (Wildman–Crippen MR) is 66.9 cm³/mol. The number of nitrogens with two attached hydrogens (primary N) is 1. The third-order valence-corrected chi connectivity index (χ3v) is 1.54. The number of hydrazine groups is 1. The first-order valence-corrected chi connectivity index (χ1v) is 3.67. The Morgan fingerprint density at radius 3 is 2.14 bits per heavy atom. The van der Waals surface area contributed by atoms with Crippen LogP contribution in [0.15, 0.2) is 6.20 Å². The van der Waals surface area contributed by atoms with Crippen molar-refractivity contribution in [1.82, 2.24) is 9.55 Å². The van der Waals surface area contributed by atoms with E-state index in [-0.39, 0.29) is 37.2 Å². The molecule has 4 nitrogen and oxygen atoms in total. The summed E-state index contributed by atoms with van der Waals surface area (Å²) in [5, 5.41) is 0. The molecular weight excluding hydrogens is 246 g/mol. The van der Waals surface area contributed by atoms with Gasteiger partial charge in [-0.05, 0) is 20.8 Å². The van der Waals surface area contributed by atoms with Gasteiger partial charge in [-0.15, -0.1) is 37.2 Å². The summed E-state index contributed by atoms with van der Waals surface area (Å²) in [6.45, 7) is 6.11. The van der Waals surface area contributed by atoms with Gasteiger partial charge in [0, 0.05) is 12.2 Å². The van der Waals surface area contributed by atoms with Gasteiger partial charge in [-0.3, -0.25) is 5.43 Å². The number of nitrogens with zero attached hydrogens (tertiary/aromatic N) is 2. The summed E-state index contributed by atoms with van der Waals surface area (Å²) in [6.07, 6.45) is 1.97. The maximum Gasteiger partial charge on any atom is 0.217 e. The second kappa shape index (κ2) is 8.17. The van der Waals surface area contributed by atoms with Crippen molar-refractivity contribution in [2.24, 2.45) is 5.84 Å². The van der Waals surface area contributed by atoms with Crippen molar-refractivity contribution in [2.45, 2.75) is 26.8 Å². The quantitative estimate of drug-likeness (QED) is 0.636. The number of nitrogens with one attached hydrogen (secondary N) is 1. The molecule has 0 amide bonds. The maximum absolute atomic E-state index is 5.27. The Bertz CT molecular complexity index is 249. The van der Waals surface area contributed by atoms with Gasteiger partial charge in [0.05, 0.1) is 5.69 Å². The molecule has 3 N–H and O–H groups in total. The van der Waals surface area contributed by atoms with Crippen LogP contribution in [0.2, 0.25) is 0 Å². The zero-order valence-corrected chi connectivity index (χ0v) is 10.8. The molecule has 0 aliphatic carbocycles. The van der Waals surface area contributed by atoms with E-state index in [9.17, 15) is 0 Å². The highest BCUT2D eigenvalue weighted by molar-refractivity contribution is 5.86. The van der Waals surface area contributed by atoms with Gasteiger partial charge < -0.3 is 4.57 Å². The van der Waals surface area contributed by atoms with Crippen molar-refractivity contribution in [1.29, 1.82) is 0 Å². The Morgan fingerprint density at radius 1 is 1.36 bits per heavy atom. The molecule has 0 saturated heterocycles. The number of nitrogen functional groups attached to an aromatic ring is 1. The summed E-state index contributed by atoms with van der Waals surface area (Å²) in [5.41, 5.74) is 3.53. The minimum atomic E-state index is 0. The lowest BCUT2D eigenvalue weighted by molar-refractivity contribution is 0.605. The third-order valence-electron chi connectivity index (χ3n) is 1.54. The van der Waals surface area contributed by atoms with Crippen molar-refractivity contribution >= 4 is 43.2 Å². The van der Waals surface area contributed by atoms with E-state index in [1.165, 1.54) is 0 Å². The van der Waals surface area contributed by atoms with E-state index >= 15 is 0 Å². The highest BCUT2D eigenvalue weighted by atomic mass is 35.5. The van der Waals surface area contributed by atoms with E-state index in [0.717, 1.165) is 11.6 Å². The molecular formula is C7H17Cl3N4. The second-order valence-corrected chi connectivity index (χ2v) is 2.85. The van der Waals surface area contributed by atoms with Gasteiger partial charge in [0.25, 0.3) is 0 Å². The van der Waals surface area contributed by atoms with Gasteiger partial charge in [-0.2, -0.15) is 0 Å². The maximum atomic E-state index is 5.27. The Hall–Kier alpha value is -0.160. The molecule has 1 heterocycles. The lowest BCUT2D eigenvalue weighted by atomic mass is 10.4. The van der Waals surface area contributed by atoms with Crippen LogP contribution < -0.4 is 11.3 Å². The molecule has 1 aromatic heterocycles. The highest BCUT2D eigenvalue weighted by Crippen LogP contribution is 2.13. The van der Waals surface area contributed by atoms with E-state index in [1.807, 2.05) is 17.7 Å². The molecule has 0 spiro atoms. The minimum absolute atomic E-state index is 0. The first-order chi connectivity index (χ1) is 5.15. The molecule has 86 valence electrons. The molecule has 0 radical (unpaired) electrons. The fourth-order valence-corrected chi connectivity index (χ4v) is 1.02. The molecule has 7 heteroatoms. The zero-order chi connectivity index (χ0) is 8.43. The smallest absolute Gasteiger partial charge is 0.217 e. The Balaban J connectivity index is -0.000000403. The van der Waals surface area contributed by atoms with E-state index < -0.39 is 0 Å². The largest absolute Gasteiger partial charge is 0.314 e. The Kier molecular flexibility index (Phi) is 11.3. The number of rotatable bonds is 2. The summed E-state index contributed by atoms with van der Waals surface area (Å²) in [4.78, 5) is 4.18. The van der Waals surface area contributed by atoms with E-state index in [2.05, 4.69) is 24.3 Å². The van der Waals surface area contributed by atoms with E-state index in [1.54, 1.807) is 0 Å². The summed E-state index contributed by atoms with van der Waals surface area (Å²) >= 11 is 0. The average Bonchev–Trinajstić information content (AvgIpc) is 2.30. The zero-order valence-electron chi connectivity index (χ0n) is 8.35. The van der Waals surface area contributed by atoms with Crippen molar-refractivity contribution < 1.29 is 0 Å². The molecule has 0 saturated carbocycles. The van der Waals surface area contributed by atoms with Crippen molar-refractivity contribution in [2.75, 3.05) is 5.43 Å². The number of aromatic nitrogens is 2. The van der Waals surface area contributed by atoms with Crippen LogP contribution >= 0.6 is 37.2 Å². The minimum Gasteiger partial charge on any atom is -0.314 e. The summed E-state index contributed by atoms with van der Waals surface area (Å²) in [7, 11) is 0. The topological polar surface area (TPSA) is 55.9 Å². The number of imidazole rings is 1. The summed E-state index contributed by atoms with van der Waals surface area (Å²) in [5.74, 6) is 5.99. The van der Waals surface area contributed by atoms with Gasteiger partial charge in [0.2, 0.25) is 5.95 Å². The van der Waals surface area contributed by atoms with Gasteiger partial charge >= 0.3 is 0 Å². The van der Waals surface area contributed by atoms with Crippen LogP contribution in [0.4, 0.5) is 5.95 Å². The first-order valence-electron chi connectivity index (χ1n) is 3.67. The number of hydrogen-bond acceptors (Lipinski definition) is 3. The van der Waals surface area contributed by atoms with Crippen LogP contribution in [-0.4, -0.2) is 9.55 Å². The lowest BCUT2D eigenvalue weighted by Gasteiger charge is -2.09. The molecule has 0 aliphatic rings. The van der Waals surface area contributed by atoms with Gasteiger partial charge in [-0.1, -0.05) is 0 Å². The summed E-state index contributed by atoms with van der Waals surface area (Å²) < 4.78 is 2.00. The highest BCUT2D eigenvalue weighted by Gasteiger charge is 2.05. The molecule has 0 aromatic carbocycles. The van der Waals surface area contributed by atoms with Gasteiger partial charge in [0.1, 0.15) is 0 Å². The monoisotopic (exact) mass is 262 g/mol. The fraction of sp³-hybridized carbons (Fsp3) is 0.571. The Morgan fingerprint density at radius 2 is 1.86 bits per heavy atom. The Labute approximate surface area is 103 Å². The second-order valence-electron chi connectivity index (χ2n) is 2.85.